The van der Waals surface area contributed by atoms with Crippen LogP contribution in [0.25, 0.3) is 0 Å². The highest BCUT2D eigenvalue weighted by Gasteiger charge is 2.43. The Morgan fingerprint density at radius 1 is 0.559 bits per heavy atom. The lowest BCUT2D eigenvalue weighted by atomic mass is 9.65. The first-order chi connectivity index (χ1) is 16.8. The number of hydrogen-bond donors (Lipinski definition) is 2. The van der Waals surface area contributed by atoms with Crippen molar-refractivity contribution < 1.29 is 9.47 Å². The van der Waals surface area contributed by atoms with Crippen LogP contribution in [0.4, 0.5) is 0 Å². The van der Waals surface area contributed by atoms with Gasteiger partial charge in [-0.1, -0.05) is 60.7 Å². The molecule has 2 unspecified atom stereocenters. The molecule has 34 heavy (non-hydrogen) atoms. The Kier molecular flexibility index (Phi) is 8.01. The topological polar surface area (TPSA) is 42.5 Å². The molecule has 4 nitrogen and oxygen atoms in total. The third-order valence-electron chi connectivity index (χ3n) is 9.15. The quantitative estimate of drug-likeness (QED) is 0.692. The van der Waals surface area contributed by atoms with Gasteiger partial charge < -0.3 is 20.1 Å². The molecular formula is C30H42N2O2. The van der Waals surface area contributed by atoms with E-state index >= 15 is 0 Å². The third-order valence-corrected chi connectivity index (χ3v) is 9.15. The van der Waals surface area contributed by atoms with E-state index in [1.165, 1.54) is 75.8 Å². The first kappa shape index (κ1) is 24.0. The maximum Gasteiger partial charge on any atom is 0.0474 e. The molecule has 2 aromatic carbocycles. The SMILES string of the molecule is c1ccc(C2(C3CCNC3)CCOCC2)cc1.c1ccc(C2(C3CCNC3)CCOCC2)cc1. The predicted octanol–water partition coefficient (Wildman–Crippen LogP) is 4.69. The van der Waals surface area contributed by atoms with Crippen molar-refractivity contribution in [2.75, 3.05) is 52.6 Å². The van der Waals surface area contributed by atoms with E-state index in [0.717, 1.165) is 38.3 Å². The number of benzene rings is 2. The molecule has 0 amide bonds. The van der Waals surface area contributed by atoms with Crippen molar-refractivity contribution in [2.24, 2.45) is 11.8 Å². The summed E-state index contributed by atoms with van der Waals surface area (Å²) >= 11 is 0. The summed E-state index contributed by atoms with van der Waals surface area (Å²) in [7, 11) is 0. The predicted molar refractivity (Wildman–Crippen MR) is 138 cm³/mol. The number of ether oxygens (including phenoxy) is 2. The zero-order valence-electron chi connectivity index (χ0n) is 20.6. The van der Waals surface area contributed by atoms with Gasteiger partial charge in [-0.05, 0) is 87.7 Å². The molecule has 4 heteroatoms. The Morgan fingerprint density at radius 2 is 0.941 bits per heavy atom. The van der Waals surface area contributed by atoms with Gasteiger partial charge in [-0.25, -0.2) is 0 Å². The Morgan fingerprint density at radius 3 is 1.26 bits per heavy atom. The molecule has 4 heterocycles. The van der Waals surface area contributed by atoms with E-state index in [1.807, 2.05) is 0 Å². The summed E-state index contributed by atoms with van der Waals surface area (Å²) in [6.45, 7) is 8.40. The van der Waals surface area contributed by atoms with Crippen LogP contribution < -0.4 is 10.6 Å². The smallest absolute Gasteiger partial charge is 0.0474 e. The molecule has 0 spiro atoms. The second-order valence-electron chi connectivity index (χ2n) is 10.6. The molecule has 0 saturated carbocycles. The summed E-state index contributed by atoms with van der Waals surface area (Å²) in [5.74, 6) is 1.57. The molecule has 4 saturated heterocycles. The van der Waals surface area contributed by atoms with Crippen LogP contribution in [0.5, 0.6) is 0 Å². The van der Waals surface area contributed by atoms with E-state index in [0.29, 0.717) is 10.8 Å². The van der Waals surface area contributed by atoms with Crippen LogP contribution in [0, 0.1) is 11.8 Å². The summed E-state index contributed by atoms with van der Waals surface area (Å²) in [5, 5.41) is 7.05. The van der Waals surface area contributed by atoms with Gasteiger partial charge in [0.25, 0.3) is 0 Å². The highest BCUT2D eigenvalue weighted by Crippen LogP contribution is 2.45. The van der Waals surface area contributed by atoms with E-state index in [1.54, 1.807) is 0 Å². The lowest BCUT2D eigenvalue weighted by molar-refractivity contribution is 0.0289. The van der Waals surface area contributed by atoms with E-state index in [2.05, 4.69) is 71.3 Å². The Hall–Kier alpha value is -1.72. The van der Waals surface area contributed by atoms with Crippen LogP contribution in [0.3, 0.4) is 0 Å². The fourth-order valence-electron chi connectivity index (χ4n) is 7.13. The van der Waals surface area contributed by atoms with Crippen molar-refractivity contribution in [1.29, 1.82) is 0 Å². The first-order valence-corrected chi connectivity index (χ1v) is 13.5. The van der Waals surface area contributed by atoms with E-state index in [9.17, 15) is 0 Å². The van der Waals surface area contributed by atoms with Crippen LogP contribution in [0.15, 0.2) is 60.7 Å². The number of rotatable bonds is 4. The average molecular weight is 463 g/mol. The molecule has 184 valence electrons. The standard InChI is InChI=1S/2C15H21NO/c2*1-2-4-13(5-3-1)15(7-10-17-11-8-15)14-6-9-16-12-14/h2*1-5,14,16H,6-12H2. The largest absolute Gasteiger partial charge is 0.381 e. The molecular weight excluding hydrogens is 420 g/mol. The van der Waals surface area contributed by atoms with Gasteiger partial charge in [0.2, 0.25) is 0 Å². The maximum atomic E-state index is 5.59. The van der Waals surface area contributed by atoms with Crippen molar-refractivity contribution >= 4 is 0 Å². The van der Waals surface area contributed by atoms with Gasteiger partial charge in [0.1, 0.15) is 0 Å². The summed E-state index contributed by atoms with van der Waals surface area (Å²) in [6.07, 6.45) is 7.36. The summed E-state index contributed by atoms with van der Waals surface area (Å²) in [4.78, 5) is 0. The maximum absolute atomic E-state index is 5.59. The van der Waals surface area contributed by atoms with E-state index in [-0.39, 0.29) is 0 Å². The molecule has 4 aliphatic heterocycles. The Labute approximate surface area is 205 Å². The van der Waals surface area contributed by atoms with Crippen molar-refractivity contribution in [3.05, 3.63) is 71.8 Å². The molecule has 4 aliphatic rings. The lowest BCUT2D eigenvalue weighted by Crippen LogP contribution is -2.41. The van der Waals surface area contributed by atoms with Gasteiger partial charge in [0.05, 0.1) is 0 Å². The minimum absolute atomic E-state index is 0.364. The van der Waals surface area contributed by atoms with Crippen molar-refractivity contribution in [3.8, 4) is 0 Å². The van der Waals surface area contributed by atoms with E-state index < -0.39 is 0 Å². The highest BCUT2D eigenvalue weighted by atomic mass is 16.5. The molecule has 6 rings (SSSR count). The van der Waals surface area contributed by atoms with E-state index in [4.69, 9.17) is 9.47 Å². The van der Waals surface area contributed by atoms with Gasteiger partial charge >= 0.3 is 0 Å². The minimum Gasteiger partial charge on any atom is -0.381 e. The number of hydrogen-bond acceptors (Lipinski definition) is 4. The summed E-state index contributed by atoms with van der Waals surface area (Å²) in [5.41, 5.74) is 3.78. The van der Waals surface area contributed by atoms with Crippen LogP contribution in [-0.4, -0.2) is 52.6 Å². The molecule has 2 atom stereocenters. The zero-order chi connectivity index (χ0) is 23.1. The fraction of sp³-hybridized carbons (Fsp3) is 0.600. The molecule has 2 N–H and O–H groups in total. The monoisotopic (exact) mass is 462 g/mol. The molecule has 0 bridgehead atoms. The van der Waals surface area contributed by atoms with Crippen molar-refractivity contribution in [1.82, 2.24) is 10.6 Å². The van der Waals surface area contributed by atoms with Crippen LogP contribution in [0.1, 0.15) is 49.7 Å². The van der Waals surface area contributed by atoms with Crippen LogP contribution in [0.2, 0.25) is 0 Å². The van der Waals surface area contributed by atoms with Crippen molar-refractivity contribution in [3.63, 3.8) is 0 Å². The van der Waals surface area contributed by atoms with Crippen LogP contribution >= 0.6 is 0 Å². The van der Waals surface area contributed by atoms with Gasteiger partial charge in [0, 0.05) is 37.3 Å². The molecule has 0 aliphatic carbocycles. The zero-order valence-corrected chi connectivity index (χ0v) is 20.6. The van der Waals surface area contributed by atoms with Crippen LogP contribution in [-0.2, 0) is 20.3 Å². The fourth-order valence-corrected chi connectivity index (χ4v) is 7.13. The molecule has 0 radical (unpaired) electrons. The summed E-state index contributed by atoms with van der Waals surface area (Å²) < 4.78 is 11.2. The second kappa shape index (κ2) is 11.3. The van der Waals surface area contributed by atoms with Gasteiger partial charge in [-0.15, -0.1) is 0 Å². The normalized spacial score (nSPS) is 28.1. The van der Waals surface area contributed by atoms with Gasteiger partial charge in [0.15, 0.2) is 0 Å². The number of nitrogens with one attached hydrogen (secondary N) is 2. The summed E-state index contributed by atoms with van der Waals surface area (Å²) in [6, 6.07) is 22.2. The first-order valence-electron chi connectivity index (χ1n) is 13.5. The highest BCUT2D eigenvalue weighted by molar-refractivity contribution is 5.29. The van der Waals surface area contributed by atoms with Gasteiger partial charge in [-0.2, -0.15) is 0 Å². The average Bonchev–Trinajstić information content (AvgIpc) is 3.67. The Balaban J connectivity index is 0.000000142. The van der Waals surface area contributed by atoms with Crippen molar-refractivity contribution in [2.45, 2.75) is 49.4 Å². The Bertz CT molecular complexity index is 774. The second-order valence-corrected chi connectivity index (χ2v) is 10.6. The minimum atomic E-state index is 0.364. The lowest BCUT2D eigenvalue weighted by Gasteiger charge is -2.42. The molecule has 0 aromatic heterocycles. The third kappa shape index (κ3) is 4.97. The molecule has 2 aromatic rings. The van der Waals surface area contributed by atoms with Gasteiger partial charge in [-0.3, -0.25) is 0 Å². The molecule has 4 fully saturated rings.